The first-order chi connectivity index (χ1) is 9.88. The number of nitrogens with two attached hydrogens (primary N) is 1. The smallest absolute Gasteiger partial charge is 0.130 e. The molecule has 3 unspecified atom stereocenters. The summed E-state index contributed by atoms with van der Waals surface area (Å²) in [4.78, 5) is 0. The molecule has 21 heavy (non-hydrogen) atoms. The fourth-order valence-corrected chi connectivity index (χ4v) is 3.36. The molecule has 0 spiro atoms. The molecule has 0 aliphatic heterocycles. The van der Waals surface area contributed by atoms with Crippen LogP contribution in [0.2, 0.25) is 0 Å². The summed E-state index contributed by atoms with van der Waals surface area (Å²) >= 11 is 0. The van der Waals surface area contributed by atoms with Crippen LogP contribution in [0, 0.1) is 30.1 Å². The second kappa shape index (κ2) is 6.50. The van der Waals surface area contributed by atoms with Gasteiger partial charge in [0.05, 0.1) is 5.56 Å². The Bertz CT molecular complexity index is 510. The average Bonchev–Trinajstić information content (AvgIpc) is 2.38. The van der Waals surface area contributed by atoms with Crippen molar-refractivity contribution in [1.82, 2.24) is 0 Å². The number of nitrogen functional groups attached to an aromatic ring is 1. The summed E-state index contributed by atoms with van der Waals surface area (Å²) in [6, 6.07) is 5.88. The van der Waals surface area contributed by atoms with Crippen LogP contribution in [0.3, 0.4) is 0 Å². The second-order valence-electron chi connectivity index (χ2n) is 6.90. The Kier molecular flexibility index (Phi) is 4.92. The molecule has 1 fully saturated rings. The highest BCUT2D eigenvalue weighted by molar-refractivity contribution is 5.97. The highest BCUT2D eigenvalue weighted by Gasteiger charge is 2.32. The molecule has 3 atom stereocenters. The molecule has 0 bridgehead atoms. The van der Waals surface area contributed by atoms with E-state index in [4.69, 9.17) is 15.9 Å². The van der Waals surface area contributed by atoms with E-state index in [1.807, 2.05) is 25.1 Å². The van der Waals surface area contributed by atoms with E-state index in [0.717, 1.165) is 17.7 Å². The van der Waals surface area contributed by atoms with Gasteiger partial charge in [-0.1, -0.05) is 33.3 Å². The molecule has 1 aromatic carbocycles. The summed E-state index contributed by atoms with van der Waals surface area (Å²) in [5.74, 6) is 2.76. The van der Waals surface area contributed by atoms with E-state index in [-0.39, 0.29) is 11.9 Å². The van der Waals surface area contributed by atoms with Crippen molar-refractivity contribution < 1.29 is 4.74 Å². The van der Waals surface area contributed by atoms with Crippen molar-refractivity contribution in [3.8, 4) is 5.75 Å². The van der Waals surface area contributed by atoms with Crippen molar-refractivity contribution in [2.75, 3.05) is 0 Å². The Morgan fingerprint density at radius 3 is 2.67 bits per heavy atom. The van der Waals surface area contributed by atoms with E-state index in [1.54, 1.807) is 0 Å². The summed E-state index contributed by atoms with van der Waals surface area (Å²) in [7, 11) is 0. The van der Waals surface area contributed by atoms with E-state index < -0.39 is 0 Å². The molecule has 0 heterocycles. The summed E-state index contributed by atoms with van der Waals surface area (Å²) in [6.45, 7) is 8.90. The van der Waals surface area contributed by atoms with Gasteiger partial charge in [-0.15, -0.1) is 0 Å². The minimum Gasteiger partial charge on any atom is -0.489 e. The van der Waals surface area contributed by atoms with Gasteiger partial charge >= 0.3 is 0 Å². The van der Waals surface area contributed by atoms with E-state index in [2.05, 4.69) is 20.8 Å². The molecule has 1 aliphatic carbocycles. The van der Waals surface area contributed by atoms with Crippen molar-refractivity contribution in [1.29, 1.82) is 5.41 Å². The normalized spacial score (nSPS) is 25.9. The standard InChI is InChI=1S/C18H28N2O/c1-11(2)14-7-5-12(3)9-16(14)21-17-10-13(4)6-8-15(17)18(19)20/h6,8,10-12,14,16H,5,7,9H2,1-4H3,(H3,19,20). The number of hydrogen-bond donors (Lipinski definition) is 2. The lowest BCUT2D eigenvalue weighted by Gasteiger charge is -2.37. The van der Waals surface area contributed by atoms with Crippen molar-refractivity contribution in [2.24, 2.45) is 23.5 Å². The van der Waals surface area contributed by atoms with Crippen molar-refractivity contribution >= 4 is 5.84 Å². The predicted octanol–water partition coefficient (Wildman–Crippen LogP) is 4.12. The highest BCUT2D eigenvalue weighted by atomic mass is 16.5. The van der Waals surface area contributed by atoms with E-state index >= 15 is 0 Å². The van der Waals surface area contributed by atoms with Gasteiger partial charge in [0.1, 0.15) is 17.7 Å². The van der Waals surface area contributed by atoms with Crippen LogP contribution in [0.4, 0.5) is 0 Å². The number of benzene rings is 1. The molecule has 0 amide bonds. The Morgan fingerprint density at radius 2 is 2.05 bits per heavy atom. The Labute approximate surface area is 128 Å². The number of hydrogen-bond acceptors (Lipinski definition) is 2. The molecule has 1 saturated carbocycles. The number of rotatable bonds is 4. The molecule has 3 nitrogen and oxygen atoms in total. The van der Waals surface area contributed by atoms with Gasteiger partial charge in [0.2, 0.25) is 0 Å². The summed E-state index contributed by atoms with van der Waals surface area (Å²) in [5, 5.41) is 7.74. The summed E-state index contributed by atoms with van der Waals surface area (Å²) in [6.07, 6.45) is 3.84. The Balaban J connectivity index is 2.26. The fraction of sp³-hybridized carbons (Fsp3) is 0.611. The quantitative estimate of drug-likeness (QED) is 0.647. The van der Waals surface area contributed by atoms with Gasteiger partial charge < -0.3 is 10.5 Å². The first kappa shape index (κ1) is 15.9. The van der Waals surface area contributed by atoms with Crippen LogP contribution in [0.15, 0.2) is 18.2 Å². The monoisotopic (exact) mass is 288 g/mol. The third-order valence-electron chi connectivity index (χ3n) is 4.67. The van der Waals surface area contributed by atoms with Crippen LogP contribution >= 0.6 is 0 Å². The van der Waals surface area contributed by atoms with Gasteiger partial charge in [0.15, 0.2) is 0 Å². The molecule has 0 saturated heterocycles. The Hall–Kier alpha value is -1.51. The fourth-order valence-electron chi connectivity index (χ4n) is 3.36. The zero-order valence-electron chi connectivity index (χ0n) is 13.6. The lowest BCUT2D eigenvalue weighted by atomic mass is 9.75. The maximum absolute atomic E-state index is 7.74. The predicted molar refractivity (Wildman–Crippen MR) is 88.0 cm³/mol. The number of ether oxygens (including phenoxy) is 1. The molecule has 0 aromatic heterocycles. The van der Waals surface area contributed by atoms with Crippen molar-refractivity contribution in [2.45, 2.75) is 53.1 Å². The lowest BCUT2D eigenvalue weighted by Crippen LogP contribution is -2.36. The van der Waals surface area contributed by atoms with Gasteiger partial charge in [0.25, 0.3) is 0 Å². The molecule has 116 valence electrons. The van der Waals surface area contributed by atoms with E-state index in [1.165, 1.54) is 12.8 Å². The van der Waals surface area contributed by atoms with Crippen LogP contribution in [0.5, 0.6) is 5.75 Å². The minimum absolute atomic E-state index is 0.0787. The summed E-state index contributed by atoms with van der Waals surface area (Å²) in [5.41, 5.74) is 7.54. The average molecular weight is 288 g/mol. The van der Waals surface area contributed by atoms with Crippen LogP contribution in [-0.4, -0.2) is 11.9 Å². The molecule has 0 radical (unpaired) electrons. The number of nitrogens with one attached hydrogen (secondary N) is 1. The van der Waals surface area contributed by atoms with Crippen LogP contribution in [0.25, 0.3) is 0 Å². The third kappa shape index (κ3) is 3.78. The lowest BCUT2D eigenvalue weighted by molar-refractivity contribution is 0.0458. The topological polar surface area (TPSA) is 59.1 Å². The van der Waals surface area contributed by atoms with Crippen LogP contribution < -0.4 is 10.5 Å². The second-order valence-corrected chi connectivity index (χ2v) is 6.90. The summed E-state index contributed by atoms with van der Waals surface area (Å²) < 4.78 is 6.35. The molecule has 1 aliphatic rings. The minimum atomic E-state index is 0.0787. The van der Waals surface area contributed by atoms with Crippen LogP contribution in [-0.2, 0) is 0 Å². The van der Waals surface area contributed by atoms with Gasteiger partial charge in [0, 0.05) is 0 Å². The SMILES string of the molecule is Cc1ccc(C(=N)N)c(OC2CC(C)CCC2C(C)C)c1. The van der Waals surface area contributed by atoms with E-state index in [0.29, 0.717) is 23.3 Å². The number of amidine groups is 1. The zero-order chi connectivity index (χ0) is 15.6. The third-order valence-corrected chi connectivity index (χ3v) is 4.67. The van der Waals surface area contributed by atoms with E-state index in [9.17, 15) is 0 Å². The largest absolute Gasteiger partial charge is 0.489 e. The first-order valence-electron chi connectivity index (χ1n) is 8.00. The number of aryl methyl sites for hydroxylation is 1. The molecular weight excluding hydrogens is 260 g/mol. The maximum Gasteiger partial charge on any atom is 0.130 e. The van der Waals surface area contributed by atoms with Gasteiger partial charge in [-0.2, -0.15) is 0 Å². The molecule has 2 rings (SSSR count). The molecule has 1 aromatic rings. The molecule has 3 N–H and O–H groups in total. The van der Waals surface area contributed by atoms with Crippen molar-refractivity contribution in [3.63, 3.8) is 0 Å². The first-order valence-corrected chi connectivity index (χ1v) is 8.00. The zero-order valence-corrected chi connectivity index (χ0v) is 13.6. The highest BCUT2D eigenvalue weighted by Crippen LogP contribution is 2.36. The van der Waals surface area contributed by atoms with Gasteiger partial charge in [-0.25, -0.2) is 0 Å². The van der Waals surface area contributed by atoms with Crippen LogP contribution in [0.1, 0.15) is 51.2 Å². The van der Waals surface area contributed by atoms with Crippen molar-refractivity contribution in [3.05, 3.63) is 29.3 Å². The molecule has 3 heteroatoms. The van der Waals surface area contributed by atoms with Gasteiger partial charge in [-0.3, -0.25) is 5.41 Å². The Morgan fingerprint density at radius 1 is 1.33 bits per heavy atom. The van der Waals surface area contributed by atoms with Gasteiger partial charge in [-0.05, 0) is 55.2 Å². The maximum atomic E-state index is 7.74. The molecular formula is C18H28N2O.